The fourth-order valence-corrected chi connectivity index (χ4v) is 3.41. The molecule has 0 unspecified atom stereocenters. The zero-order valence-corrected chi connectivity index (χ0v) is 21.1. The van der Waals surface area contributed by atoms with Gasteiger partial charge in [0.25, 0.3) is 11.8 Å². The Hall–Kier alpha value is -3.87. The maximum atomic E-state index is 12.6. The highest BCUT2D eigenvalue weighted by atomic mass is 16.5. The average Bonchev–Trinajstić information content (AvgIpc) is 2.91. The number of ether oxygens (including phenoxy) is 2. The third-order valence-corrected chi connectivity index (χ3v) is 5.52. The minimum atomic E-state index is -0.354. The Balaban J connectivity index is 1.48. The lowest BCUT2D eigenvalue weighted by Gasteiger charge is -2.09. The first-order chi connectivity index (χ1) is 17.6. The third-order valence-electron chi connectivity index (χ3n) is 5.52. The second kappa shape index (κ2) is 14.5. The van der Waals surface area contributed by atoms with E-state index < -0.39 is 0 Å². The minimum absolute atomic E-state index is 0.219. The fraction of sp³-hybridized carbons (Fsp3) is 0.345. The van der Waals surface area contributed by atoms with Crippen molar-refractivity contribution >= 4 is 23.2 Å². The molecule has 1 heterocycles. The highest BCUT2D eigenvalue weighted by molar-refractivity contribution is 6.06. The number of benzene rings is 2. The minimum Gasteiger partial charge on any atom is -0.494 e. The fourth-order valence-electron chi connectivity index (χ4n) is 3.41. The third kappa shape index (κ3) is 8.73. The van der Waals surface area contributed by atoms with E-state index in [1.165, 1.54) is 12.3 Å². The van der Waals surface area contributed by atoms with Crippen LogP contribution in [0.25, 0.3) is 0 Å². The number of nitrogens with zero attached hydrogens (tertiary/aromatic N) is 1. The maximum Gasteiger partial charge on any atom is 0.274 e. The summed E-state index contributed by atoms with van der Waals surface area (Å²) >= 11 is 0. The number of carbonyl (C=O) groups excluding carboxylic acids is 2. The van der Waals surface area contributed by atoms with Crippen LogP contribution in [-0.2, 0) is 0 Å². The molecule has 0 bridgehead atoms. The van der Waals surface area contributed by atoms with Crippen molar-refractivity contribution in [3.63, 3.8) is 0 Å². The van der Waals surface area contributed by atoms with Gasteiger partial charge in [-0.05, 0) is 73.5 Å². The molecule has 0 aliphatic rings. The number of nitrogens with one attached hydrogen (secondary N) is 2. The molecule has 7 heteroatoms. The summed E-state index contributed by atoms with van der Waals surface area (Å²) in [5.41, 5.74) is 1.87. The second-order valence-electron chi connectivity index (χ2n) is 8.50. The van der Waals surface area contributed by atoms with Crippen LogP contribution in [0.5, 0.6) is 11.5 Å². The van der Waals surface area contributed by atoms with E-state index in [2.05, 4.69) is 29.5 Å². The molecule has 1 aromatic heterocycles. The van der Waals surface area contributed by atoms with Gasteiger partial charge in [-0.25, -0.2) is 0 Å². The lowest BCUT2D eigenvalue weighted by molar-refractivity contribution is 0.101. The summed E-state index contributed by atoms with van der Waals surface area (Å²) in [4.78, 5) is 29.3. The molecule has 0 saturated carbocycles. The van der Waals surface area contributed by atoms with Gasteiger partial charge in [-0.15, -0.1) is 0 Å². The zero-order valence-electron chi connectivity index (χ0n) is 21.1. The van der Waals surface area contributed by atoms with Crippen LogP contribution in [0.3, 0.4) is 0 Å². The van der Waals surface area contributed by atoms with E-state index in [0.29, 0.717) is 30.2 Å². The van der Waals surface area contributed by atoms with Crippen LogP contribution in [0, 0.1) is 0 Å². The molecule has 2 aromatic carbocycles. The molecule has 2 amide bonds. The normalized spacial score (nSPS) is 10.5. The Morgan fingerprint density at radius 2 is 1.17 bits per heavy atom. The molecule has 3 rings (SSSR count). The van der Waals surface area contributed by atoms with Crippen molar-refractivity contribution in [2.45, 2.75) is 52.4 Å². The first-order valence-electron chi connectivity index (χ1n) is 12.6. The molecule has 0 saturated heterocycles. The summed E-state index contributed by atoms with van der Waals surface area (Å²) in [5, 5.41) is 5.64. The van der Waals surface area contributed by atoms with E-state index in [-0.39, 0.29) is 17.5 Å². The van der Waals surface area contributed by atoms with Crippen LogP contribution in [0.15, 0.2) is 66.9 Å². The number of carbonyl (C=O) groups is 2. The van der Waals surface area contributed by atoms with Gasteiger partial charge in [-0.3, -0.25) is 14.6 Å². The number of hydrogen-bond acceptors (Lipinski definition) is 5. The Labute approximate surface area is 213 Å². The van der Waals surface area contributed by atoms with E-state index >= 15 is 0 Å². The predicted molar refractivity (Wildman–Crippen MR) is 143 cm³/mol. The standard InChI is InChI=1S/C29H35N3O4/c1-3-5-7-19-35-25-14-10-23(11-15-25)31-28(33)22-9-18-27(30-21-22)29(34)32-24-12-16-26(17-13-24)36-20-8-6-4-2/h9-18,21H,3-8,19-20H2,1-2H3,(H,31,33)(H,32,34). The summed E-state index contributed by atoms with van der Waals surface area (Å²) < 4.78 is 11.4. The average molecular weight is 490 g/mol. The predicted octanol–water partition coefficient (Wildman–Crippen LogP) is 6.72. The van der Waals surface area contributed by atoms with E-state index in [9.17, 15) is 9.59 Å². The van der Waals surface area contributed by atoms with E-state index in [1.807, 2.05) is 24.3 Å². The molecule has 3 aromatic rings. The van der Waals surface area contributed by atoms with Gasteiger partial charge in [0.2, 0.25) is 0 Å². The van der Waals surface area contributed by atoms with Gasteiger partial charge in [0.15, 0.2) is 0 Å². The van der Waals surface area contributed by atoms with Gasteiger partial charge in [0.1, 0.15) is 17.2 Å². The quantitative estimate of drug-likeness (QED) is 0.245. The molecule has 0 aliphatic carbocycles. The van der Waals surface area contributed by atoms with Crippen molar-refractivity contribution in [2.24, 2.45) is 0 Å². The summed E-state index contributed by atoms with van der Waals surface area (Å²) in [5.74, 6) is 0.885. The number of rotatable bonds is 14. The van der Waals surface area contributed by atoms with Crippen molar-refractivity contribution in [3.05, 3.63) is 78.1 Å². The molecule has 7 nitrogen and oxygen atoms in total. The van der Waals surface area contributed by atoms with Gasteiger partial charge >= 0.3 is 0 Å². The molecular weight excluding hydrogens is 454 g/mol. The zero-order chi connectivity index (χ0) is 25.6. The summed E-state index contributed by atoms with van der Waals surface area (Å²) in [6.07, 6.45) is 8.02. The first-order valence-corrected chi connectivity index (χ1v) is 12.6. The van der Waals surface area contributed by atoms with Crippen LogP contribution in [0.2, 0.25) is 0 Å². The number of amides is 2. The molecule has 190 valence electrons. The molecule has 0 aliphatic heterocycles. The molecule has 0 atom stereocenters. The van der Waals surface area contributed by atoms with Crippen LogP contribution in [0.1, 0.15) is 73.2 Å². The van der Waals surface area contributed by atoms with Crippen LogP contribution < -0.4 is 20.1 Å². The smallest absolute Gasteiger partial charge is 0.274 e. The molecule has 36 heavy (non-hydrogen) atoms. The summed E-state index contributed by atoms with van der Waals surface area (Å²) in [6.45, 7) is 5.67. The van der Waals surface area contributed by atoms with Crippen molar-refractivity contribution in [2.75, 3.05) is 23.8 Å². The number of pyridine rings is 1. The number of aromatic nitrogens is 1. The molecule has 0 spiro atoms. The van der Waals surface area contributed by atoms with E-state index in [1.54, 1.807) is 30.3 Å². The Morgan fingerprint density at radius 3 is 1.61 bits per heavy atom. The van der Waals surface area contributed by atoms with Gasteiger partial charge < -0.3 is 20.1 Å². The molecule has 0 radical (unpaired) electrons. The molecule has 2 N–H and O–H groups in total. The van der Waals surface area contributed by atoms with Crippen molar-refractivity contribution in [1.29, 1.82) is 0 Å². The van der Waals surface area contributed by atoms with Gasteiger partial charge in [0, 0.05) is 17.6 Å². The van der Waals surface area contributed by atoms with Gasteiger partial charge in [-0.1, -0.05) is 39.5 Å². The van der Waals surface area contributed by atoms with Crippen molar-refractivity contribution in [1.82, 2.24) is 4.98 Å². The first kappa shape index (κ1) is 26.7. The van der Waals surface area contributed by atoms with E-state index in [4.69, 9.17) is 9.47 Å². The topological polar surface area (TPSA) is 89.5 Å². The largest absolute Gasteiger partial charge is 0.494 e. The lowest BCUT2D eigenvalue weighted by Crippen LogP contribution is -2.16. The summed E-state index contributed by atoms with van der Waals surface area (Å²) in [6, 6.07) is 17.6. The van der Waals surface area contributed by atoms with Crippen molar-refractivity contribution in [3.8, 4) is 11.5 Å². The highest BCUT2D eigenvalue weighted by Crippen LogP contribution is 2.18. The summed E-state index contributed by atoms with van der Waals surface area (Å²) in [7, 11) is 0. The number of hydrogen-bond donors (Lipinski definition) is 2. The Morgan fingerprint density at radius 1 is 0.667 bits per heavy atom. The number of anilines is 2. The second-order valence-corrected chi connectivity index (χ2v) is 8.50. The monoisotopic (exact) mass is 489 g/mol. The number of unbranched alkanes of at least 4 members (excludes halogenated alkanes) is 4. The molecule has 0 fully saturated rings. The van der Waals surface area contributed by atoms with Crippen LogP contribution in [0.4, 0.5) is 11.4 Å². The Bertz CT molecular complexity index is 993. The Kier molecular flexibility index (Phi) is 10.8. The lowest BCUT2D eigenvalue weighted by atomic mass is 10.2. The van der Waals surface area contributed by atoms with Gasteiger partial charge in [-0.2, -0.15) is 0 Å². The molecular formula is C29H35N3O4. The van der Waals surface area contributed by atoms with Gasteiger partial charge in [0.05, 0.1) is 18.8 Å². The van der Waals surface area contributed by atoms with Crippen molar-refractivity contribution < 1.29 is 19.1 Å². The highest BCUT2D eigenvalue weighted by Gasteiger charge is 2.11. The SMILES string of the molecule is CCCCCOc1ccc(NC(=O)c2ccc(C(=O)Nc3ccc(OCCCCC)cc3)nc2)cc1. The van der Waals surface area contributed by atoms with Crippen LogP contribution in [-0.4, -0.2) is 30.0 Å². The van der Waals surface area contributed by atoms with E-state index in [0.717, 1.165) is 50.0 Å². The van der Waals surface area contributed by atoms with Crippen LogP contribution >= 0.6 is 0 Å². The maximum absolute atomic E-state index is 12.6.